The highest BCUT2D eigenvalue weighted by Gasteiger charge is 2.15. The number of hydrogen-bond donors (Lipinski definition) is 0. The van der Waals surface area contributed by atoms with E-state index in [1.807, 2.05) is 51.1 Å². The Morgan fingerprint density at radius 1 is 1.00 bits per heavy atom. The minimum Gasteiger partial charge on any atom is -0.228 e. The molecule has 0 aliphatic heterocycles. The maximum Gasteiger partial charge on any atom is 0.160 e. The van der Waals surface area contributed by atoms with E-state index in [0.29, 0.717) is 5.15 Å². The number of nitrogens with zero attached hydrogens (tertiary/aromatic N) is 3. The highest BCUT2D eigenvalue weighted by Crippen LogP contribution is 2.29. The van der Waals surface area contributed by atoms with Crippen molar-refractivity contribution in [2.75, 3.05) is 0 Å². The van der Waals surface area contributed by atoms with Gasteiger partial charge in [-0.2, -0.15) is 5.10 Å². The minimum absolute atomic E-state index is 0.625. The molecule has 0 aliphatic rings. The Balaban J connectivity index is 2.38. The fraction of sp³-hybridized carbons (Fsp3) is 0.200. The summed E-state index contributed by atoms with van der Waals surface area (Å²) in [4.78, 5) is 4.74. The van der Waals surface area contributed by atoms with Gasteiger partial charge in [0.05, 0.1) is 11.4 Å². The van der Waals surface area contributed by atoms with E-state index in [1.54, 1.807) is 4.52 Å². The molecule has 0 amide bonds. The average molecular weight is 272 g/mol. The van der Waals surface area contributed by atoms with Crippen molar-refractivity contribution >= 4 is 17.2 Å². The summed E-state index contributed by atoms with van der Waals surface area (Å²) < 4.78 is 1.72. The SMILES string of the molecule is Cc1nn2c(Cl)c(C)c(-c3ccccc3)nc2c1C. The van der Waals surface area contributed by atoms with E-state index < -0.39 is 0 Å². The first-order valence-corrected chi connectivity index (χ1v) is 6.55. The zero-order valence-electron chi connectivity index (χ0n) is 11.1. The topological polar surface area (TPSA) is 30.2 Å². The van der Waals surface area contributed by atoms with Crippen molar-refractivity contribution in [2.45, 2.75) is 20.8 Å². The first-order valence-electron chi connectivity index (χ1n) is 6.17. The largest absolute Gasteiger partial charge is 0.228 e. The third kappa shape index (κ3) is 1.81. The van der Waals surface area contributed by atoms with E-state index >= 15 is 0 Å². The van der Waals surface area contributed by atoms with Crippen LogP contribution >= 0.6 is 11.6 Å². The normalized spacial score (nSPS) is 11.2. The van der Waals surface area contributed by atoms with Gasteiger partial charge in [-0.15, -0.1) is 0 Å². The van der Waals surface area contributed by atoms with E-state index in [-0.39, 0.29) is 0 Å². The van der Waals surface area contributed by atoms with Crippen LogP contribution in [0.15, 0.2) is 30.3 Å². The van der Waals surface area contributed by atoms with Gasteiger partial charge < -0.3 is 0 Å². The maximum atomic E-state index is 6.43. The molecule has 0 saturated carbocycles. The first-order chi connectivity index (χ1) is 9.09. The quantitative estimate of drug-likeness (QED) is 0.627. The summed E-state index contributed by atoms with van der Waals surface area (Å²) in [5, 5.41) is 5.06. The Morgan fingerprint density at radius 2 is 1.68 bits per heavy atom. The van der Waals surface area contributed by atoms with E-state index in [1.165, 1.54) is 0 Å². The fourth-order valence-corrected chi connectivity index (χ4v) is 2.39. The number of rotatable bonds is 1. The van der Waals surface area contributed by atoms with Gasteiger partial charge in [-0.05, 0) is 20.8 Å². The second-order valence-corrected chi connectivity index (χ2v) is 5.05. The molecule has 2 heterocycles. The molecule has 0 spiro atoms. The molecular weight excluding hydrogens is 258 g/mol. The number of aryl methyl sites for hydroxylation is 2. The number of halogens is 1. The third-order valence-electron chi connectivity index (χ3n) is 3.44. The molecule has 4 heteroatoms. The lowest BCUT2D eigenvalue weighted by atomic mass is 10.1. The van der Waals surface area contributed by atoms with Crippen LogP contribution in [-0.4, -0.2) is 14.6 Å². The van der Waals surface area contributed by atoms with Gasteiger partial charge in [0.25, 0.3) is 0 Å². The Bertz CT molecular complexity index is 760. The van der Waals surface area contributed by atoms with Crippen LogP contribution in [0.3, 0.4) is 0 Å². The molecule has 3 nitrogen and oxygen atoms in total. The lowest BCUT2D eigenvalue weighted by Gasteiger charge is -2.08. The van der Waals surface area contributed by atoms with Crippen molar-refractivity contribution in [3.63, 3.8) is 0 Å². The van der Waals surface area contributed by atoms with Gasteiger partial charge in [0.1, 0.15) is 5.15 Å². The van der Waals surface area contributed by atoms with Crippen LogP contribution in [0.1, 0.15) is 16.8 Å². The molecule has 19 heavy (non-hydrogen) atoms. The summed E-state index contributed by atoms with van der Waals surface area (Å²) in [6.45, 7) is 5.96. The van der Waals surface area contributed by atoms with Crippen LogP contribution in [-0.2, 0) is 0 Å². The van der Waals surface area contributed by atoms with Gasteiger partial charge >= 0.3 is 0 Å². The van der Waals surface area contributed by atoms with Gasteiger partial charge in [-0.1, -0.05) is 41.9 Å². The lowest BCUT2D eigenvalue weighted by molar-refractivity contribution is 0.910. The number of benzene rings is 1. The smallest absolute Gasteiger partial charge is 0.160 e. The molecule has 3 rings (SSSR count). The van der Waals surface area contributed by atoms with Crippen molar-refractivity contribution in [3.8, 4) is 11.3 Å². The van der Waals surface area contributed by atoms with E-state index in [4.69, 9.17) is 16.6 Å². The molecule has 0 fully saturated rings. The average Bonchev–Trinajstić information content (AvgIpc) is 2.71. The standard InChI is InChI=1S/C15H14ClN3/c1-9-11(3)18-19-14(16)10(2)13(17-15(9)19)12-7-5-4-6-8-12/h4-8H,1-3H3. The van der Waals surface area contributed by atoms with E-state index in [9.17, 15) is 0 Å². The van der Waals surface area contributed by atoms with Crippen molar-refractivity contribution in [2.24, 2.45) is 0 Å². The number of aromatic nitrogens is 3. The maximum absolute atomic E-state index is 6.43. The van der Waals surface area contributed by atoms with Crippen molar-refractivity contribution in [3.05, 3.63) is 52.3 Å². The van der Waals surface area contributed by atoms with Gasteiger partial charge in [0.2, 0.25) is 0 Å². The van der Waals surface area contributed by atoms with Crippen LogP contribution in [0.25, 0.3) is 16.9 Å². The second-order valence-electron chi connectivity index (χ2n) is 4.69. The summed E-state index contributed by atoms with van der Waals surface area (Å²) in [7, 11) is 0. The molecular formula is C15H14ClN3. The first kappa shape index (κ1) is 12.2. The van der Waals surface area contributed by atoms with E-state index in [0.717, 1.165) is 33.7 Å². The van der Waals surface area contributed by atoms with Gasteiger partial charge in [-0.25, -0.2) is 9.50 Å². The third-order valence-corrected chi connectivity index (χ3v) is 3.89. The molecule has 0 bridgehead atoms. The van der Waals surface area contributed by atoms with Crippen LogP contribution in [0.5, 0.6) is 0 Å². The summed E-state index contributed by atoms with van der Waals surface area (Å²) in [6, 6.07) is 10.1. The minimum atomic E-state index is 0.625. The molecule has 0 N–H and O–H groups in total. The monoisotopic (exact) mass is 271 g/mol. The predicted molar refractivity (Wildman–Crippen MR) is 77.6 cm³/mol. The zero-order chi connectivity index (χ0) is 13.6. The van der Waals surface area contributed by atoms with Crippen LogP contribution in [0.4, 0.5) is 0 Å². The Kier molecular flexibility index (Phi) is 2.79. The molecule has 96 valence electrons. The highest BCUT2D eigenvalue weighted by molar-refractivity contribution is 6.30. The Labute approximate surface area is 116 Å². The summed E-state index contributed by atoms with van der Waals surface area (Å²) in [5.74, 6) is 0. The van der Waals surface area contributed by atoms with Crippen LogP contribution in [0.2, 0.25) is 5.15 Å². The molecule has 2 aromatic heterocycles. The summed E-state index contributed by atoms with van der Waals surface area (Å²) in [5.41, 5.74) is 5.79. The van der Waals surface area contributed by atoms with E-state index in [2.05, 4.69) is 5.10 Å². The predicted octanol–water partition coefficient (Wildman–Crippen LogP) is 3.97. The van der Waals surface area contributed by atoms with Gasteiger partial charge in [0.15, 0.2) is 5.65 Å². The summed E-state index contributed by atoms with van der Waals surface area (Å²) >= 11 is 6.43. The van der Waals surface area contributed by atoms with Crippen LogP contribution < -0.4 is 0 Å². The van der Waals surface area contributed by atoms with Crippen LogP contribution in [0, 0.1) is 20.8 Å². The zero-order valence-corrected chi connectivity index (χ0v) is 11.9. The number of fused-ring (bicyclic) bond motifs is 1. The Morgan fingerprint density at radius 3 is 2.37 bits per heavy atom. The van der Waals surface area contributed by atoms with Crippen molar-refractivity contribution < 1.29 is 0 Å². The van der Waals surface area contributed by atoms with Gasteiger partial charge in [0, 0.05) is 16.7 Å². The number of hydrogen-bond acceptors (Lipinski definition) is 2. The van der Waals surface area contributed by atoms with Gasteiger partial charge in [-0.3, -0.25) is 0 Å². The fourth-order valence-electron chi connectivity index (χ4n) is 2.18. The molecule has 3 aromatic rings. The molecule has 0 unspecified atom stereocenters. The molecule has 0 saturated heterocycles. The molecule has 1 aromatic carbocycles. The second kappa shape index (κ2) is 4.35. The summed E-state index contributed by atoms with van der Waals surface area (Å²) in [6.07, 6.45) is 0. The molecule has 0 aliphatic carbocycles. The highest BCUT2D eigenvalue weighted by atomic mass is 35.5. The van der Waals surface area contributed by atoms with Crippen molar-refractivity contribution in [1.29, 1.82) is 0 Å². The lowest BCUT2D eigenvalue weighted by Crippen LogP contribution is -1.99. The van der Waals surface area contributed by atoms with Crippen molar-refractivity contribution in [1.82, 2.24) is 14.6 Å². The Hall–Kier alpha value is -1.87. The molecule has 0 radical (unpaired) electrons. The molecule has 0 atom stereocenters.